The third-order valence-corrected chi connectivity index (χ3v) is 3.24. The van der Waals surface area contributed by atoms with Gasteiger partial charge in [0.1, 0.15) is 0 Å². The molecule has 0 radical (unpaired) electrons. The van der Waals surface area contributed by atoms with E-state index in [1.807, 2.05) is 38.1 Å². The molecule has 2 rings (SSSR count). The molecule has 0 aliphatic carbocycles. The van der Waals surface area contributed by atoms with Gasteiger partial charge < -0.3 is 0 Å². The predicted octanol–water partition coefficient (Wildman–Crippen LogP) is 4.49. The molecule has 0 bridgehead atoms. The van der Waals surface area contributed by atoms with Crippen molar-refractivity contribution in [2.75, 3.05) is 0 Å². The van der Waals surface area contributed by atoms with Crippen LogP contribution in [0.3, 0.4) is 0 Å². The Morgan fingerprint density at radius 3 is 2.00 bits per heavy atom. The molecule has 2 aromatic rings. The summed E-state index contributed by atoms with van der Waals surface area (Å²) in [6.07, 6.45) is 2.20. The number of carbonyl (C=O) groups excluding carboxylic acids is 1. The highest BCUT2D eigenvalue weighted by molar-refractivity contribution is 6.09. The van der Waals surface area contributed by atoms with Crippen LogP contribution in [-0.4, -0.2) is 5.78 Å². The molecule has 0 amide bonds. The van der Waals surface area contributed by atoms with Crippen molar-refractivity contribution in [3.63, 3.8) is 0 Å². The van der Waals surface area contributed by atoms with E-state index >= 15 is 0 Å². The predicted molar refractivity (Wildman–Crippen MR) is 79.8 cm³/mol. The summed E-state index contributed by atoms with van der Waals surface area (Å²) in [7, 11) is 0. The SMILES string of the molecule is CCCc1ccc(C(=O)c2cc(C)cc(C)c2)cc1. The minimum absolute atomic E-state index is 0.106. The smallest absolute Gasteiger partial charge is 0.193 e. The quantitative estimate of drug-likeness (QED) is 0.733. The second-order valence-corrected chi connectivity index (χ2v) is 5.15. The van der Waals surface area contributed by atoms with Crippen molar-refractivity contribution in [3.8, 4) is 0 Å². The van der Waals surface area contributed by atoms with E-state index in [9.17, 15) is 4.79 Å². The van der Waals surface area contributed by atoms with E-state index in [0.29, 0.717) is 0 Å². The fourth-order valence-electron chi connectivity index (χ4n) is 2.38. The summed E-state index contributed by atoms with van der Waals surface area (Å²) < 4.78 is 0. The maximum atomic E-state index is 12.4. The highest BCUT2D eigenvalue weighted by Crippen LogP contribution is 2.15. The lowest BCUT2D eigenvalue weighted by Crippen LogP contribution is -2.02. The fourth-order valence-corrected chi connectivity index (χ4v) is 2.38. The Hall–Kier alpha value is -1.89. The van der Waals surface area contributed by atoms with Crippen LogP contribution in [0.5, 0.6) is 0 Å². The average Bonchev–Trinajstić information content (AvgIpc) is 2.38. The number of ketones is 1. The summed E-state index contributed by atoms with van der Waals surface area (Å²) in [4.78, 5) is 12.4. The average molecular weight is 252 g/mol. The highest BCUT2D eigenvalue weighted by atomic mass is 16.1. The first-order valence-electron chi connectivity index (χ1n) is 6.82. The van der Waals surface area contributed by atoms with Gasteiger partial charge in [-0.1, -0.05) is 54.8 Å². The molecule has 0 aliphatic rings. The summed E-state index contributed by atoms with van der Waals surface area (Å²) in [6, 6.07) is 14.0. The number of aryl methyl sites for hydroxylation is 3. The van der Waals surface area contributed by atoms with E-state index in [2.05, 4.69) is 25.1 Å². The second-order valence-electron chi connectivity index (χ2n) is 5.15. The summed E-state index contributed by atoms with van der Waals surface area (Å²) in [5, 5.41) is 0. The molecule has 19 heavy (non-hydrogen) atoms. The first kappa shape index (κ1) is 13.5. The molecule has 98 valence electrons. The normalized spacial score (nSPS) is 10.5. The Kier molecular flexibility index (Phi) is 4.16. The molecule has 0 N–H and O–H groups in total. The maximum Gasteiger partial charge on any atom is 0.193 e. The van der Waals surface area contributed by atoms with Crippen molar-refractivity contribution >= 4 is 5.78 Å². The zero-order chi connectivity index (χ0) is 13.8. The monoisotopic (exact) mass is 252 g/mol. The van der Waals surface area contributed by atoms with Gasteiger partial charge in [-0.3, -0.25) is 4.79 Å². The molecule has 1 heteroatoms. The van der Waals surface area contributed by atoms with Gasteiger partial charge in [-0.15, -0.1) is 0 Å². The molecule has 0 saturated heterocycles. The largest absolute Gasteiger partial charge is 0.289 e. The first-order valence-corrected chi connectivity index (χ1v) is 6.82. The van der Waals surface area contributed by atoms with Gasteiger partial charge in [0.15, 0.2) is 5.78 Å². The van der Waals surface area contributed by atoms with E-state index in [0.717, 1.165) is 35.1 Å². The zero-order valence-electron chi connectivity index (χ0n) is 11.9. The van der Waals surface area contributed by atoms with Crippen molar-refractivity contribution < 1.29 is 4.79 Å². The van der Waals surface area contributed by atoms with Crippen LogP contribution in [0, 0.1) is 13.8 Å². The van der Waals surface area contributed by atoms with Gasteiger partial charge in [0.2, 0.25) is 0 Å². The topological polar surface area (TPSA) is 17.1 Å². The van der Waals surface area contributed by atoms with Crippen LogP contribution in [0.4, 0.5) is 0 Å². The van der Waals surface area contributed by atoms with Gasteiger partial charge in [0.25, 0.3) is 0 Å². The molecule has 0 aromatic heterocycles. The van der Waals surface area contributed by atoms with E-state index < -0.39 is 0 Å². The lowest BCUT2D eigenvalue weighted by Gasteiger charge is -2.05. The Morgan fingerprint density at radius 1 is 0.895 bits per heavy atom. The minimum Gasteiger partial charge on any atom is -0.289 e. The van der Waals surface area contributed by atoms with Crippen molar-refractivity contribution in [3.05, 3.63) is 70.3 Å². The van der Waals surface area contributed by atoms with E-state index in [1.54, 1.807) is 0 Å². The summed E-state index contributed by atoms with van der Waals surface area (Å²) in [6.45, 7) is 6.21. The minimum atomic E-state index is 0.106. The molecular formula is C18H20O. The summed E-state index contributed by atoms with van der Waals surface area (Å²) in [5.74, 6) is 0.106. The molecule has 0 saturated carbocycles. The van der Waals surface area contributed by atoms with Crippen molar-refractivity contribution in [1.82, 2.24) is 0 Å². The third-order valence-electron chi connectivity index (χ3n) is 3.24. The summed E-state index contributed by atoms with van der Waals surface area (Å²) >= 11 is 0. The number of hydrogen-bond donors (Lipinski definition) is 0. The van der Waals surface area contributed by atoms with Crippen LogP contribution in [0.2, 0.25) is 0 Å². The third kappa shape index (κ3) is 3.31. The highest BCUT2D eigenvalue weighted by Gasteiger charge is 2.09. The van der Waals surface area contributed by atoms with Gasteiger partial charge >= 0.3 is 0 Å². The number of benzene rings is 2. The van der Waals surface area contributed by atoms with Gasteiger partial charge in [-0.05, 0) is 38.0 Å². The zero-order valence-corrected chi connectivity index (χ0v) is 11.9. The van der Waals surface area contributed by atoms with Gasteiger partial charge in [-0.2, -0.15) is 0 Å². The standard InChI is InChI=1S/C18H20O/c1-4-5-15-6-8-16(9-7-15)18(19)17-11-13(2)10-14(3)12-17/h6-12H,4-5H2,1-3H3. The molecular weight excluding hydrogens is 232 g/mol. The Morgan fingerprint density at radius 2 is 1.47 bits per heavy atom. The molecule has 0 spiro atoms. The van der Waals surface area contributed by atoms with Crippen LogP contribution >= 0.6 is 0 Å². The summed E-state index contributed by atoms with van der Waals surface area (Å²) in [5.41, 5.74) is 5.10. The van der Waals surface area contributed by atoms with E-state index in [1.165, 1.54) is 5.56 Å². The second kappa shape index (κ2) is 5.83. The van der Waals surface area contributed by atoms with Crippen molar-refractivity contribution in [2.24, 2.45) is 0 Å². The van der Waals surface area contributed by atoms with Crippen molar-refractivity contribution in [1.29, 1.82) is 0 Å². The molecule has 1 nitrogen and oxygen atoms in total. The van der Waals surface area contributed by atoms with Crippen LogP contribution in [0.15, 0.2) is 42.5 Å². The van der Waals surface area contributed by atoms with Gasteiger partial charge in [0.05, 0.1) is 0 Å². The van der Waals surface area contributed by atoms with Gasteiger partial charge in [0, 0.05) is 11.1 Å². The number of carbonyl (C=O) groups is 1. The maximum absolute atomic E-state index is 12.4. The molecule has 0 atom stereocenters. The molecule has 0 heterocycles. The van der Waals surface area contributed by atoms with E-state index in [-0.39, 0.29) is 5.78 Å². The molecule has 0 aliphatic heterocycles. The lowest BCUT2D eigenvalue weighted by atomic mass is 9.98. The van der Waals surface area contributed by atoms with Gasteiger partial charge in [-0.25, -0.2) is 0 Å². The fraction of sp³-hybridized carbons (Fsp3) is 0.278. The van der Waals surface area contributed by atoms with Crippen LogP contribution in [-0.2, 0) is 6.42 Å². The number of hydrogen-bond acceptors (Lipinski definition) is 1. The first-order chi connectivity index (χ1) is 9.10. The van der Waals surface area contributed by atoms with Crippen LogP contribution < -0.4 is 0 Å². The molecule has 0 fully saturated rings. The number of rotatable bonds is 4. The van der Waals surface area contributed by atoms with Crippen LogP contribution in [0.25, 0.3) is 0 Å². The Balaban J connectivity index is 2.28. The van der Waals surface area contributed by atoms with Crippen LogP contribution in [0.1, 0.15) is 46.0 Å². The van der Waals surface area contributed by atoms with E-state index in [4.69, 9.17) is 0 Å². The molecule has 0 unspecified atom stereocenters. The lowest BCUT2D eigenvalue weighted by molar-refractivity contribution is 0.103. The van der Waals surface area contributed by atoms with Crippen molar-refractivity contribution in [2.45, 2.75) is 33.6 Å². The molecule has 2 aromatic carbocycles. The Bertz CT molecular complexity index is 559. The Labute approximate surface area is 115 Å².